The van der Waals surface area contributed by atoms with Gasteiger partial charge in [0.05, 0.1) is 36.6 Å². The highest BCUT2D eigenvalue weighted by Crippen LogP contribution is 2.19. The van der Waals surface area contributed by atoms with Gasteiger partial charge in [-0.1, -0.05) is 30.4 Å². The van der Waals surface area contributed by atoms with Crippen LogP contribution in [0.15, 0.2) is 35.2 Å². The van der Waals surface area contributed by atoms with E-state index in [2.05, 4.69) is 6.07 Å². The summed E-state index contributed by atoms with van der Waals surface area (Å²) in [6.45, 7) is 8.93. The first-order chi connectivity index (χ1) is 13.3. The molecule has 0 saturated carbocycles. The van der Waals surface area contributed by atoms with Gasteiger partial charge in [0, 0.05) is 5.69 Å². The molecule has 148 valence electrons. The molecule has 2 heterocycles. The van der Waals surface area contributed by atoms with Crippen LogP contribution >= 0.6 is 12.2 Å². The number of nitriles is 1. The SMILES string of the molecule is Cc1c(C)c(C)n(C[NH+]2CCN(S(=O)(=O)c3ccccc3)CC2)c(=S)c1C#N. The van der Waals surface area contributed by atoms with Crippen LogP contribution in [-0.2, 0) is 16.7 Å². The number of hydrogen-bond acceptors (Lipinski definition) is 4. The van der Waals surface area contributed by atoms with E-state index in [4.69, 9.17) is 12.2 Å². The summed E-state index contributed by atoms with van der Waals surface area (Å²) in [4.78, 5) is 1.59. The van der Waals surface area contributed by atoms with Crippen molar-refractivity contribution in [3.63, 3.8) is 0 Å². The molecular formula is C20H25N4O2S2+. The van der Waals surface area contributed by atoms with Gasteiger partial charge in [-0.05, 0) is 44.0 Å². The molecule has 1 fully saturated rings. The first kappa shape index (κ1) is 20.7. The maximum absolute atomic E-state index is 12.8. The molecule has 8 heteroatoms. The molecule has 1 aromatic carbocycles. The Morgan fingerprint density at radius 2 is 1.71 bits per heavy atom. The van der Waals surface area contributed by atoms with Crippen molar-refractivity contribution in [2.24, 2.45) is 0 Å². The summed E-state index contributed by atoms with van der Waals surface area (Å²) >= 11 is 5.56. The number of nitrogens with zero attached hydrogens (tertiary/aromatic N) is 3. The molecule has 2 aromatic rings. The van der Waals surface area contributed by atoms with Gasteiger partial charge in [-0.2, -0.15) is 9.57 Å². The fraction of sp³-hybridized carbons (Fsp3) is 0.400. The number of benzene rings is 1. The third-order valence-corrected chi connectivity index (χ3v) is 7.99. The van der Waals surface area contributed by atoms with E-state index >= 15 is 0 Å². The molecule has 0 radical (unpaired) electrons. The molecule has 1 aliphatic heterocycles. The molecule has 0 atom stereocenters. The maximum Gasteiger partial charge on any atom is 0.243 e. The van der Waals surface area contributed by atoms with E-state index in [0.29, 0.717) is 47.9 Å². The Hall–Kier alpha value is -2.05. The lowest BCUT2D eigenvalue weighted by atomic mass is 10.0. The molecule has 1 N–H and O–H groups in total. The number of piperazine rings is 1. The van der Waals surface area contributed by atoms with Crippen molar-refractivity contribution >= 4 is 22.2 Å². The summed E-state index contributed by atoms with van der Waals surface area (Å²) in [5.41, 5.74) is 3.64. The quantitative estimate of drug-likeness (QED) is 0.767. The summed E-state index contributed by atoms with van der Waals surface area (Å²) in [5, 5.41) is 9.47. The molecule has 0 aliphatic carbocycles. The summed E-state index contributed by atoms with van der Waals surface area (Å²) in [6, 6.07) is 10.8. The molecule has 0 amide bonds. The van der Waals surface area contributed by atoms with Gasteiger partial charge >= 0.3 is 0 Å². The molecule has 0 bridgehead atoms. The fourth-order valence-electron chi connectivity index (χ4n) is 3.60. The fourth-order valence-corrected chi connectivity index (χ4v) is 5.46. The normalized spacial score (nSPS) is 16.1. The second kappa shape index (κ2) is 8.13. The second-order valence-electron chi connectivity index (χ2n) is 7.18. The largest absolute Gasteiger partial charge is 0.315 e. The van der Waals surface area contributed by atoms with E-state index < -0.39 is 10.0 Å². The van der Waals surface area contributed by atoms with Gasteiger partial charge in [-0.15, -0.1) is 0 Å². The van der Waals surface area contributed by atoms with E-state index in [0.717, 1.165) is 16.8 Å². The lowest BCUT2D eigenvalue weighted by Crippen LogP contribution is -3.14. The highest BCUT2D eigenvalue weighted by atomic mass is 32.2. The van der Waals surface area contributed by atoms with Crippen molar-refractivity contribution in [1.82, 2.24) is 8.87 Å². The molecule has 6 nitrogen and oxygen atoms in total. The van der Waals surface area contributed by atoms with Crippen LogP contribution in [0, 0.1) is 36.7 Å². The number of nitrogens with one attached hydrogen (secondary N) is 1. The van der Waals surface area contributed by atoms with Crippen LogP contribution in [-0.4, -0.2) is 43.5 Å². The van der Waals surface area contributed by atoms with Gasteiger partial charge in [-0.3, -0.25) is 4.57 Å². The van der Waals surface area contributed by atoms with E-state index in [-0.39, 0.29) is 0 Å². The molecule has 1 aliphatic rings. The Bertz CT molecular complexity index is 1080. The third kappa shape index (κ3) is 3.76. The zero-order valence-electron chi connectivity index (χ0n) is 16.4. The summed E-state index contributed by atoms with van der Waals surface area (Å²) < 4.78 is 29.7. The maximum atomic E-state index is 12.8. The molecule has 28 heavy (non-hydrogen) atoms. The monoisotopic (exact) mass is 417 g/mol. The van der Waals surface area contributed by atoms with E-state index in [1.54, 1.807) is 28.6 Å². The minimum Gasteiger partial charge on any atom is -0.315 e. The second-order valence-corrected chi connectivity index (χ2v) is 9.51. The Kier molecular flexibility index (Phi) is 6.01. The highest BCUT2D eigenvalue weighted by Gasteiger charge is 2.30. The lowest BCUT2D eigenvalue weighted by molar-refractivity contribution is -0.926. The number of rotatable bonds is 4. The Labute approximate surface area is 171 Å². The van der Waals surface area contributed by atoms with Crippen LogP contribution in [0.25, 0.3) is 0 Å². The van der Waals surface area contributed by atoms with Crippen LogP contribution in [0.5, 0.6) is 0 Å². The van der Waals surface area contributed by atoms with Crippen LogP contribution in [0.2, 0.25) is 0 Å². The number of hydrogen-bond donors (Lipinski definition) is 1. The van der Waals surface area contributed by atoms with Gasteiger partial charge < -0.3 is 4.90 Å². The van der Waals surface area contributed by atoms with Crippen molar-refractivity contribution in [3.8, 4) is 6.07 Å². The topological polar surface area (TPSA) is 70.5 Å². The Morgan fingerprint density at radius 1 is 1.11 bits per heavy atom. The van der Waals surface area contributed by atoms with Crippen LogP contribution in [0.1, 0.15) is 22.4 Å². The molecule has 0 spiro atoms. The summed E-state index contributed by atoms with van der Waals surface area (Å²) in [6.07, 6.45) is 0. The van der Waals surface area contributed by atoms with E-state index in [9.17, 15) is 13.7 Å². The van der Waals surface area contributed by atoms with Gasteiger partial charge in [0.2, 0.25) is 10.0 Å². The zero-order chi connectivity index (χ0) is 20.5. The standard InChI is InChI=1S/C20H24N4O2S2/c1-15-16(2)19(13-21)20(27)24(17(15)3)14-22-9-11-23(12-10-22)28(25,26)18-7-5-4-6-8-18/h4-8H,9-12,14H2,1-3H3/p+1. The highest BCUT2D eigenvalue weighted by molar-refractivity contribution is 7.89. The number of aromatic nitrogens is 1. The van der Waals surface area contributed by atoms with Crippen molar-refractivity contribution in [2.75, 3.05) is 26.2 Å². The summed E-state index contributed by atoms with van der Waals surface area (Å²) in [7, 11) is -3.45. The molecule has 3 rings (SSSR count). The van der Waals surface area contributed by atoms with Gasteiger partial charge in [-0.25, -0.2) is 8.42 Å². The van der Waals surface area contributed by atoms with Crippen molar-refractivity contribution in [2.45, 2.75) is 32.3 Å². The third-order valence-electron chi connectivity index (χ3n) is 5.65. The molecule has 1 aromatic heterocycles. The van der Waals surface area contributed by atoms with Crippen LogP contribution < -0.4 is 4.90 Å². The smallest absolute Gasteiger partial charge is 0.243 e. The average molecular weight is 418 g/mol. The van der Waals surface area contributed by atoms with Crippen molar-refractivity contribution in [1.29, 1.82) is 5.26 Å². The minimum absolute atomic E-state index is 0.337. The van der Waals surface area contributed by atoms with Crippen LogP contribution in [0.3, 0.4) is 0 Å². The first-order valence-corrected chi connectivity index (χ1v) is 11.1. The number of sulfonamides is 1. The molecule has 1 saturated heterocycles. The predicted octanol–water partition coefficient (Wildman–Crippen LogP) is 1.56. The minimum atomic E-state index is -3.45. The van der Waals surface area contributed by atoms with Gasteiger partial charge in [0.15, 0.2) is 6.67 Å². The van der Waals surface area contributed by atoms with Gasteiger partial charge in [0.1, 0.15) is 10.7 Å². The Morgan fingerprint density at radius 3 is 2.29 bits per heavy atom. The van der Waals surface area contributed by atoms with Crippen molar-refractivity contribution in [3.05, 3.63) is 57.4 Å². The predicted molar refractivity (Wildman–Crippen MR) is 110 cm³/mol. The van der Waals surface area contributed by atoms with E-state index in [1.807, 2.05) is 31.4 Å². The summed E-state index contributed by atoms with van der Waals surface area (Å²) in [5.74, 6) is 0. The van der Waals surface area contributed by atoms with Gasteiger partial charge in [0.25, 0.3) is 0 Å². The zero-order valence-corrected chi connectivity index (χ0v) is 18.0. The van der Waals surface area contributed by atoms with Crippen molar-refractivity contribution < 1.29 is 13.3 Å². The lowest BCUT2D eigenvalue weighted by Gasteiger charge is -2.32. The molecule has 0 unspecified atom stereocenters. The first-order valence-electron chi connectivity index (χ1n) is 9.27. The molecular weight excluding hydrogens is 392 g/mol. The van der Waals surface area contributed by atoms with E-state index in [1.165, 1.54) is 4.90 Å². The van der Waals surface area contributed by atoms with Crippen LogP contribution in [0.4, 0.5) is 0 Å². The average Bonchev–Trinajstić information content (AvgIpc) is 2.71. The number of pyridine rings is 1. The Balaban J connectivity index is 1.77. The number of quaternary nitrogens is 1.